The Bertz CT molecular complexity index is 5060. The smallest absolute Gasteiger partial charge is 0.311 e. The van der Waals surface area contributed by atoms with Crippen molar-refractivity contribution in [2.45, 2.75) is 103 Å². The molecule has 11 rings (SSSR count). The number of aliphatic hydroxyl groups excluding tert-OH is 3. The first-order chi connectivity index (χ1) is 54.1. The molecule has 0 bridgehead atoms. The maximum absolute atomic E-state index is 12.9. The highest BCUT2D eigenvalue weighted by Crippen LogP contribution is 2.39. The number of carbonyl (C=O) groups is 8. The van der Waals surface area contributed by atoms with Gasteiger partial charge in [-0.05, 0) is 138 Å². The number of rotatable bonds is 25. The van der Waals surface area contributed by atoms with Crippen molar-refractivity contribution in [2.75, 3.05) is 19.8 Å². The van der Waals surface area contributed by atoms with Crippen molar-refractivity contribution in [3.63, 3.8) is 0 Å². The van der Waals surface area contributed by atoms with E-state index in [1.165, 1.54) is 0 Å². The number of carboxylic acids is 3. The van der Waals surface area contributed by atoms with E-state index in [9.17, 15) is 69.0 Å². The lowest BCUT2D eigenvalue weighted by Gasteiger charge is -2.24. The number of aliphatic carboxylic acids is 3. The van der Waals surface area contributed by atoms with Gasteiger partial charge in [0.15, 0.2) is 0 Å². The summed E-state index contributed by atoms with van der Waals surface area (Å²) in [5.41, 5.74) is 13.1. The summed E-state index contributed by atoms with van der Waals surface area (Å²) in [6.07, 6.45) is 0.0509. The van der Waals surface area contributed by atoms with Crippen LogP contribution in [0.15, 0.2) is 146 Å². The Kier molecular flexibility index (Phi) is 36.8. The maximum Gasteiger partial charge on any atom is 0.311 e. The maximum atomic E-state index is 12.9. The van der Waals surface area contributed by atoms with Gasteiger partial charge in [-0.15, -0.1) is 0 Å². The highest BCUT2D eigenvalue weighted by atomic mass is 35.5. The minimum Gasteiger partial charge on any atom is -0.481 e. The number of hydrogen-bond donors (Lipinski definition) is 11. The Labute approximate surface area is 743 Å². The molecule has 4 heterocycles. The highest BCUT2D eigenvalue weighted by Gasteiger charge is 2.31. The van der Waals surface area contributed by atoms with Crippen LogP contribution in [0, 0.1) is 17.8 Å². The first-order valence-electron chi connectivity index (χ1n) is 36.2. The number of fused-ring (bicyclic) bond motifs is 4. The van der Waals surface area contributed by atoms with E-state index < -0.39 is 65.2 Å². The molecule has 3 unspecified atom stereocenters. The molecule has 6 atom stereocenters. The van der Waals surface area contributed by atoms with E-state index in [0.29, 0.717) is 118 Å². The van der Waals surface area contributed by atoms with Crippen LogP contribution in [0.25, 0.3) is 43.6 Å². The predicted molar refractivity (Wildman–Crippen MR) is 485 cm³/mol. The molecule has 118 heavy (non-hydrogen) atoms. The van der Waals surface area contributed by atoms with Crippen molar-refractivity contribution in [1.82, 2.24) is 39.5 Å². The molecule has 0 aliphatic carbocycles. The molecule has 0 saturated carbocycles. The van der Waals surface area contributed by atoms with Crippen LogP contribution >= 0.6 is 133 Å². The number of primary amides is 1. The molecule has 5 amide bonds. The normalized spacial score (nSPS) is 12.7. The molecule has 23 nitrogen and oxygen atoms in total. The summed E-state index contributed by atoms with van der Waals surface area (Å²) < 4.78 is 6.87. The Morgan fingerprint density at radius 3 is 0.746 bits per heavy atom. The van der Waals surface area contributed by atoms with Crippen LogP contribution in [0.3, 0.4) is 0 Å². The third kappa shape index (κ3) is 23.2. The standard InChI is InChI=1S/3C23H24Cl2N2O4.C15H17Cl2N3O2.3H2S/c3*1-12(2)20(23(30)31)14-6-4-13(5-7-14)17(11-28)26-22(29)19-10-15-18(27(19)3)9-8-16(24)21(15)25;1-15(2,7-12(18)21)19-14(22)11-6-8-10(20(11)3)5-4-9(16)13(8)17;;;/h3*4-10,12,17,20,28H,11H2,1-3H3,(H,26,29)(H,30,31);4-6H,7H2,1-3H3,(H2,18,21)(H,19,22);3*1H2/t3*17-,20?;;;;/m111..../s1. The first kappa shape index (κ1) is 100. The molecule has 0 fully saturated rings. The van der Waals surface area contributed by atoms with Crippen molar-refractivity contribution < 1.29 is 69.0 Å². The fraction of sp³-hybridized carbons (Fsp3) is 0.310. The van der Waals surface area contributed by atoms with E-state index in [4.69, 9.17) is 98.5 Å². The van der Waals surface area contributed by atoms with Crippen molar-refractivity contribution >= 4 is 224 Å². The fourth-order valence-electron chi connectivity index (χ4n) is 13.8. The van der Waals surface area contributed by atoms with Crippen molar-refractivity contribution in [3.8, 4) is 0 Å². The zero-order valence-electron chi connectivity index (χ0n) is 66.2. The molecule has 34 heteroatoms. The second-order valence-corrected chi connectivity index (χ2v) is 32.5. The number of aromatic nitrogens is 4. The number of amides is 5. The van der Waals surface area contributed by atoms with Gasteiger partial charge in [-0.2, -0.15) is 40.5 Å². The predicted octanol–water partition coefficient (Wildman–Crippen LogP) is 17.5. The van der Waals surface area contributed by atoms with Crippen LogP contribution in [-0.2, 0) is 47.4 Å². The van der Waals surface area contributed by atoms with Crippen molar-refractivity contribution in [1.29, 1.82) is 0 Å². The molecule has 7 aromatic carbocycles. The van der Waals surface area contributed by atoms with Crippen LogP contribution in [-0.4, -0.2) is 122 Å². The molecule has 634 valence electrons. The molecule has 0 saturated heterocycles. The summed E-state index contributed by atoms with van der Waals surface area (Å²) in [6, 6.07) is 39.3. The lowest BCUT2D eigenvalue weighted by atomic mass is 9.88. The van der Waals surface area contributed by atoms with Crippen LogP contribution < -0.4 is 27.0 Å². The Balaban J connectivity index is 0.000000280. The van der Waals surface area contributed by atoms with Crippen LogP contribution in [0.5, 0.6) is 0 Å². The molecule has 0 radical (unpaired) electrons. The number of nitrogens with two attached hydrogens (primary N) is 1. The van der Waals surface area contributed by atoms with Crippen molar-refractivity contribution in [2.24, 2.45) is 51.7 Å². The molecule has 0 aliphatic rings. The number of nitrogens with zero attached hydrogens (tertiary/aromatic N) is 4. The zero-order chi connectivity index (χ0) is 85.3. The average molecular weight is 1830 g/mol. The lowest BCUT2D eigenvalue weighted by molar-refractivity contribution is -0.140. The van der Waals surface area contributed by atoms with E-state index in [1.807, 2.05) is 41.5 Å². The minimum absolute atomic E-state index is 0. The van der Waals surface area contributed by atoms with Crippen LogP contribution in [0.4, 0.5) is 0 Å². The third-order valence-corrected chi connectivity index (χ3v) is 23.1. The van der Waals surface area contributed by atoms with Gasteiger partial charge in [0.2, 0.25) is 5.91 Å². The monoisotopic (exact) mass is 1830 g/mol. The van der Waals surface area contributed by atoms with E-state index in [1.54, 1.807) is 206 Å². The van der Waals surface area contributed by atoms with Crippen molar-refractivity contribution in [3.05, 3.63) is 242 Å². The van der Waals surface area contributed by atoms with Gasteiger partial charge in [-0.1, -0.05) is 207 Å². The number of aryl methyl sites for hydroxylation is 4. The number of carboxylic acid groups (broad SMARTS) is 3. The SMILES string of the molecule is CC(C)C(C(=O)O)c1ccc([C@@H](CO)NC(=O)c2cc3c(Cl)c(Cl)ccc3n2C)cc1.CC(C)C(C(=O)O)c1ccc([C@@H](CO)NC(=O)c2cc3c(Cl)c(Cl)ccc3n2C)cc1.CC(C)C(C(=O)O)c1ccc([C@@H](CO)NC(=O)c2cc3c(Cl)c(Cl)ccc3n2C)cc1.Cn1c(C(=O)NC(C)(C)CC(N)=O)cc2c(Cl)c(Cl)ccc21.S.S.S. The van der Waals surface area contributed by atoms with E-state index >= 15 is 0 Å². The van der Waals surface area contributed by atoms with Crippen LogP contribution in [0.1, 0.15) is 173 Å². The Morgan fingerprint density at radius 2 is 0.559 bits per heavy atom. The highest BCUT2D eigenvalue weighted by molar-refractivity contribution is 7.59. The summed E-state index contributed by atoms with van der Waals surface area (Å²) in [5, 5.41) is 75.2. The number of hydrogen-bond acceptors (Lipinski definition) is 11. The van der Waals surface area contributed by atoms with Gasteiger partial charge in [0.1, 0.15) is 22.8 Å². The number of halogens is 8. The van der Waals surface area contributed by atoms with E-state index in [0.717, 1.165) is 22.1 Å². The molecule has 4 aromatic heterocycles. The molecular formula is C84H95Cl8N9O14S3. The quantitative estimate of drug-likeness (QED) is 0.0253. The summed E-state index contributed by atoms with van der Waals surface area (Å²) in [4.78, 5) is 97.0. The van der Waals surface area contributed by atoms with Crippen LogP contribution in [0.2, 0.25) is 40.2 Å². The minimum atomic E-state index is -0.885. The topological polar surface area (TPSA) is 352 Å². The summed E-state index contributed by atoms with van der Waals surface area (Å²) >= 11 is 49.2. The molecule has 11 aromatic rings. The van der Waals surface area contributed by atoms with E-state index in [-0.39, 0.29) is 108 Å². The van der Waals surface area contributed by atoms with Gasteiger partial charge in [-0.25, -0.2) is 0 Å². The molecule has 0 spiro atoms. The molecule has 0 aliphatic heterocycles. The molecular weight excluding hydrogens is 1740 g/mol. The Morgan fingerprint density at radius 1 is 0.356 bits per heavy atom. The first-order valence-corrected chi connectivity index (χ1v) is 39.2. The zero-order valence-corrected chi connectivity index (χ0v) is 75.3. The van der Waals surface area contributed by atoms with Gasteiger partial charge in [-0.3, -0.25) is 38.4 Å². The summed E-state index contributed by atoms with van der Waals surface area (Å²) in [5.74, 6) is -6.63. The van der Waals surface area contributed by atoms with Gasteiger partial charge >= 0.3 is 17.9 Å². The third-order valence-electron chi connectivity index (χ3n) is 19.8. The number of aliphatic hydroxyl groups is 3. The number of carbonyl (C=O) groups excluding carboxylic acids is 5. The second-order valence-electron chi connectivity index (χ2n) is 29.3. The van der Waals surface area contributed by atoms with Gasteiger partial charge < -0.3 is 75.9 Å². The van der Waals surface area contributed by atoms with Gasteiger partial charge in [0.05, 0.1) is 95.9 Å². The average Bonchev–Trinajstić information content (AvgIpc) is 1.63. The van der Waals surface area contributed by atoms with E-state index in [2.05, 4.69) is 21.3 Å². The largest absolute Gasteiger partial charge is 0.481 e. The Hall–Kier alpha value is -8.29. The number of benzene rings is 7. The lowest BCUT2D eigenvalue weighted by Crippen LogP contribution is -2.46. The van der Waals surface area contributed by atoms with Gasteiger partial charge in [0, 0.05) is 83.8 Å². The second kappa shape index (κ2) is 43.3. The van der Waals surface area contributed by atoms with Gasteiger partial charge in [0.25, 0.3) is 23.6 Å². The summed E-state index contributed by atoms with van der Waals surface area (Å²) in [6.45, 7) is 13.7. The summed E-state index contributed by atoms with van der Waals surface area (Å²) in [7, 11) is 7.02. The number of nitrogens with one attached hydrogen (secondary N) is 4. The molecule has 12 N–H and O–H groups in total. The fourth-order valence-corrected chi connectivity index (χ4v) is 15.3.